The number of hydrogen-bond acceptors (Lipinski definition) is 3. The van der Waals surface area contributed by atoms with E-state index in [0.717, 1.165) is 33.8 Å². The van der Waals surface area contributed by atoms with Gasteiger partial charge in [0.2, 0.25) is 0 Å². The zero-order chi connectivity index (χ0) is 16.4. The van der Waals surface area contributed by atoms with Crippen LogP contribution in [-0.4, -0.2) is 25.0 Å². The molecular formula is C18H18ClNO3. The highest BCUT2D eigenvalue weighted by Crippen LogP contribution is 2.30. The number of rotatable bonds is 5. The van der Waals surface area contributed by atoms with Crippen LogP contribution < -0.4 is 9.47 Å². The van der Waals surface area contributed by atoms with Gasteiger partial charge in [-0.1, -0.05) is 12.1 Å². The van der Waals surface area contributed by atoms with Crippen LogP contribution in [0.1, 0.15) is 27.0 Å². The summed E-state index contributed by atoms with van der Waals surface area (Å²) in [5, 5.41) is 0. The molecule has 2 aromatic carbocycles. The lowest BCUT2D eigenvalue weighted by molar-refractivity contribution is 0.0765. The number of fused-ring (bicyclic) bond motifs is 1. The van der Waals surface area contributed by atoms with Crippen LogP contribution in [-0.2, 0) is 19.0 Å². The van der Waals surface area contributed by atoms with Gasteiger partial charge in [0.15, 0.2) is 0 Å². The molecular weight excluding hydrogens is 314 g/mol. The molecule has 120 valence electrons. The van der Waals surface area contributed by atoms with Crippen LogP contribution in [0.15, 0.2) is 36.4 Å². The molecule has 0 N–H and O–H groups in total. The highest BCUT2D eigenvalue weighted by molar-refractivity contribution is 6.17. The standard InChI is InChI=1S/C18H18ClNO3/c1-22-15-5-4-13(17(8-15)23-2)10-20-11-14-7-12(9-19)3-6-16(14)18(20)21/h3-8H,9-11H2,1-2H3. The molecule has 1 aliphatic rings. The van der Waals surface area contributed by atoms with Crippen molar-refractivity contribution in [2.45, 2.75) is 19.0 Å². The maximum Gasteiger partial charge on any atom is 0.254 e. The lowest BCUT2D eigenvalue weighted by Gasteiger charge is -2.18. The minimum Gasteiger partial charge on any atom is -0.497 e. The molecule has 1 aliphatic heterocycles. The molecule has 2 aromatic rings. The van der Waals surface area contributed by atoms with Crippen molar-refractivity contribution in [2.24, 2.45) is 0 Å². The van der Waals surface area contributed by atoms with E-state index in [0.29, 0.717) is 19.0 Å². The van der Waals surface area contributed by atoms with Gasteiger partial charge in [0, 0.05) is 36.2 Å². The number of benzene rings is 2. The number of nitrogens with zero attached hydrogens (tertiary/aromatic N) is 1. The fraction of sp³-hybridized carbons (Fsp3) is 0.278. The maximum atomic E-state index is 12.6. The van der Waals surface area contributed by atoms with Crippen molar-refractivity contribution in [1.29, 1.82) is 0 Å². The fourth-order valence-corrected chi connectivity index (χ4v) is 3.00. The van der Waals surface area contributed by atoms with Gasteiger partial charge < -0.3 is 14.4 Å². The topological polar surface area (TPSA) is 38.8 Å². The summed E-state index contributed by atoms with van der Waals surface area (Å²) in [7, 11) is 3.23. The monoisotopic (exact) mass is 331 g/mol. The normalized spacial score (nSPS) is 13.2. The Morgan fingerprint density at radius 3 is 2.65 bits per heavy atom. The van der Waals surface area contributed by atoms with E-state index in [2.05, 4.69) is 0 Å². The second-order valence-corrected chi connectivity index (χ2v) is 5.73. The van der Waals surface area contributed by atoms with Crippen molar-refractivity contribution >= 4 is 17.5 Å². The Hall–Kier alpha value is -2.20. The number of halogens is 1. The predicted molar refractivity (Wildman–Crippen MR) is 89.1 cm³/mol. The molecule has 5 heteroatoms. The largest absolute Gasteiger partial charge is 0.497 e. The number of carbonyl (C=O) groups is 1. The predicted octanol–water partition coefficient (Wildman–Crippen LogP) is 3.60. The van der Waals surface area contributed by atoms with E-state index < -0.39 is 0 Å². The molecule has 0 spiro atoms. The number of alkyl halides is 1. The quantitative estimate of drug-likeness (QED) is 0.786. The lowest BCUT2D eigenvalue weighted by atomic mass is 10.1. The SMILES string of the molecule is COc1ccc(CN2Cc3cc(CCl)ccc3C2=O)c(OC)c1. The Balaban J connectivity index is 1.83. The first-order valence-electron chi connectivity index (χ1n) is 7.34. The van der Waals surface area contributed by atoms with Crippen molar-refractivity contribution in [3.63, 3.8) is 0 Å². The van der Waals surface area contributed by atoms with Gasteiger partial charge >= 0.3 is 0 Å². The van der Waals surface area contributed by atoms with Gasteiger partial charge in [-0.15, -0.1) is 11.6 Å². The lowest BCUT2D eigenvalue weighted by Crippen LogP contribution is -2.23. The Morgan fingerprint density at radius 1 is 1.13 bits per heavy atom. The average Bonchev–Trinajstić information content (AvgIpc) is 2.90. The van der Waals surface area contributed by atoms with E-state index in [1.165, 1.54) is 0 Å². The summed E-state index contributed by atoms with van der Waals surface area (Å²) in [4.78, 5) is 14.4. The van der Waals surface area contributed by atoms with Crippen LogP contribution in [0, 0.1) is 0 Å². The smallest absolute Gasteiger partial charge is 0.254 e. The number of methoxy groups -OCH3 is 2. The molecule has 0 bridgehead atoms. The van der Waals surface area contributed by atoms with Gasteiger partial charge in [-0.2, -0.15) is 0 Å². The molecule has 3 rings (SSSR count). The summed E-state index contributed by atoms with van der Waals surface area (Å²) in [5.74, 6) is 1.94. The Kier molecular flexibility index (Phi) is 4.44. The summed E-state index contributed by atoms with van der Waals surface area (Å²) in [5.41, 5.74) is 3.76. The van der Waals surface area contributed by atoms with E-state index in [4.69, 9.17) is 21.1 Å². The first-order valence-corrected chi connectivity index (χ1v) is 7.87. The van der Waals surface area contributed by atoms with Gasteiger partial charge in [-0.3, -0.25) is 4.79 Å². The van der Waals surface area contributed by atoms with Gasteiger partial charge in [0.05, 0.1) is 14.2 Å². The average molecular weight is 332 g/mol. The van der Waals surface area contributed by atoms with Crippen LogP contribution in [0.2, 0.25) is 0 Å². The second-order valence-electron chi connectivity index (χ2n) is 5.46. The molecule has 0 aromatic heterocycles. The third-order valence-corrected chi connectivity index (χ3v) is 4.37. The van der Waals surface area contributed by atoms with Crippen LogP contribution in [0.5, 0.6) is 11.5 Å². The minimum atomic E-state index is 0.0407. The molecule has 0 radical (unpaired) electrons. The van der Waals surface area contributed by atoms with E-state index in [1.807, 2.05) is 41.3 Å². The van der Waals surface area contributed by atoms with Gasteiger partial charge in [0.25, 0.3) is 5.91 Å². The van der Waals surface area contributed by atoms with Crippen molar-refractivity contribution < 1.29 is 14.3 Å². The van der Waals surface area contributed by atoms with Crippen molar-refractivity contribution in [3.8, 4) is 11.5 Å². The zero-order valence-corrected chi connectivity index (χ0v) is 13.9. The van der Waals surface area contributed by atoms with E-state index >= 15 is 0 Å². The molecule has 0 saturated heterocycles. The van der Waals surface area contributed by atoms with Crippen LogP contribution >= 0.6 is 11.6 Å². The third-order valence-electron chi connectivity index (χ3n) is 4.06. The van der Waals surface area contributed by atoms with Gasteiger partial charge in [0.1, 0.15) is 11.5 Å². The van der Waals surface area contributed by atoms with Crippen LogP contribution in [0.25, 0.3) is 0 Å². The molecule has 1 heterocycles. The maximum absolute atomic E-state index is 12.6. The third kappa shape index (κ3) is 2.99. The molecule has 0 aliphatic carbocycles. The van der Waals surface area contributed by atoms with Gasteiger partial charge in [-0.05, 0) is 29.3 Å². The van der Waals surface area contributed by atoms with Crippen molar-refractivity contribution in [2.75, 3.05) is 14.2 Å². The summed E-state index contributed by atoms with van der Waals surface area (Å²) in [6, 6.07) is 11.4. The summed E-state index contributed by atoms with van der Waals surface area (Å²) >= 11 is 5.87. The Morgan fingerprint density at radius 2 is 1.96 bits per heavy atom. The number of ether oxygens (including phenoxy) is 2. The van der Waals surface area contributed by atoms with Crippen molar-refractivity contribution in [3.05, 3.63) is 58.7 Å². The van der Waals surface area contributed by atoms with Crippen molar-refractivity contribution in [1.82, 2.24) is 4.90 Å². The molecule has 0 saturated carbocycles. The van der Waals surface area contributed by atoms with E-state index in [9.17, 15) is 4.79 Å². The molecule has 23 heavy (non-hydrogen) atoms. The molecule has 4 nitrogen and oxygen atoms in total. The van der Waals surface area contributed by atoms with E-state index in [-0.39, 0.29) is 5.91 Å². The summed E-state index contributed by atoms with van der Waals surface area (Å²) < 4.78 is 10.6. The number of carbonyl (C=O) groups excluding carboxylic acids is 1. The van der Waals surface area contributed by atoms with E-state index in [1.54, 1.807) is 14.2 Å². The van der Waals surface area contributed by atoms with Crippen LogP contribution in [0.4, 0.5) is 0 Å². The first kappa shape index (κ1) is 15.7. The van der Waals surface area contributed by atoms with Gasteiger partial charge in [-0.25, -0.2) is 0 Å². The molecule has 0 unspecified atom stereocenters. The summed E-state index contributed by atoms with van der Waals surface area (Å²) in [6.45, 7) is 1.09. The molecule has 1 amide bonds. The zero-order valence-electron chi connectivity index (χ0n) is 13.1. The summed E-state index contributed by atoms with van der Waals surface area (Å²) in [6.07, 6.45) is 0. The molecule has 0 fully saturated rings. The minimum absolute atomic E-state index is 0.0407. The Labute approximate surface area is 140 Å². The van der Waals surface area contributed by atoms with Crippen LogP contribution in [0.3, 0.4) is 0 Å². The number of amides is 1. The molecule has 0 atom stereocenters. The fourth-order valence-electron chi connectivity index (χ4n) is 2.83. The second kappa shape index (κ2) is 6.50. The highest BCUT2D eigenvalue weighted by Gasteiger charge is 2.28. The number of hydrogen-bond donors (Lipinski definition) is 0. The highest BCUT2D eigenvalue weighted by atomic mass is 35.5. The Bertz CT molecular complexity index is 745. The first-order chi connectivity index (χ1) is 11.2.